The van der Waals surface area contributed by atoms with Gasteiger partial charge < -0.3 is 4.74 Å². The van der Waals surface area contributed by atoms with Gasteiger partial charge in [0.15, 0.2) is 5.78 Å². The number of nitrogens with zero attached hydrogens (tertiary/aromatic N) is 1. The van der Waals surface area contributed by atoms with Gasteiger partial charge in [-0.25, -0.2) is 0 Å². The van der Waals surface area contributed by atoms with Crippen molar-refractivity contribution < 1.29 is 14.5 Å². The maximum Gasteiger partial charge on any atom is 0.288 e. The van der Waals surface area contributed by atoms with Crippen molar-refractivity contribution >= 4 is 23.1 Å². The molecule has 1 fully saturated rings. The van der Waals surface area contributed by atoms with Crippen LogP contribution in [0.2, 0.25) is 5.02 Å². The molecule has 1 saturated carbocycles. The summed E-state index contributed by atoms with van der Waals surface area (Å²) >= 11 is 5.78. The Balaban J connectivity index is 1.92. The number of halogens is 1. The predicted molar refractivity (Wildman–Crippen MR) is 75.2 cm³/mol. The van der Waals surface area contributed by atoms with Gasteiger partial charge in [0.2, 0.25) is 0 Å². The molecule has 1 aliphatic carbocycles. The molecule has 2 rings (SSSR count). The molecule has 0 aromatic heterocycles. The summed E-state index contributed by atoms with van der Waals surface area (Å²) in [7, 11) is 0. The highest BCUT2D eigenvalue weighted by molar-refractivity contribution is 6.32. The van der Waals surface area contributed by atoms with E-state index < -0.39 is 4.92 Å². The molecule has 0 heterocycles. The first-order chi connectivity index (χ1) is 9.58. The Hall–Kier alpha value is -1.62. The van der Waals surface area contributed by atoms with Crippen molar-refractivity contribution in [1.29, 1.82) is 0 Å². The van der Waals surface area contributed by atoms with Gasteiger partial charge in [-0.05, 0) is 18.9 Å². The van der Waals surface area contributed by atoms with Gasteiger partial charge in [-0.15, -0.1) is 0 Å². The van der Waals surface area contributed by atoms with Gasteiger partial charge in [-0.2, -0.15) is 0 Å². The lowest BCUT2D eigenvalue weighted by Crippen LogP contribution is -2.23. The molecule has 0 bridgehead atoms. The van der Waals surface area contributed by atoms with E-state index >= 15 is 0 Å². The molecular weight excluding hydrogens is 282 g/mol. The van der Waals surface area contributed by atoms with Crippen LogP contribution >= 0.6 is 11.6 Å². The third-order valence-electron chi connectivity index (χ3n) is 3.56. The Morgan fingerprint density at radius 2 is 2.05 bits per heavy atom. The molecule has 0 radical (unpaired) electrons. The van der Waals surface area contributed by atoms with E-state index in [-0.39, 0.29) is 29.0 Å². The molecular formula is C14H16ClNO4. The van der Waals surface area contributed by atoms with E-state index in [0.717, 1.165) is 25.7 Å². The predicted octanol–water partition coefficient (Wildman–Crippen LogP) is 3.78. The number of nitro benzene ring substituents is 1. The summed E-state index contributed by atoms with van der Waals surface area (Å²) in [6.07, 6.45) is 5.26. The number of nitro groups is 1. The lowest BCUT2D eigenvalue weighted by molar-refractivity contribution is -0.384. The van der Waals surface area contributed by atoms with E-state index in [9.17, 15) is 14.9 Å². The first-order valence-electron chi connectivity index (χ1n) is 6.67. The van der Waals surface area contributed by atoms with Crippen LogP contribution in [0.25, 0.3) is 0 Å². The minimum absolute atomic E-state index is 0.00118. The van der Waals surface area contributed by atoms with Crippen LogP contribution < -0.4 is 4.74 Å². The van der Waals surface area contributed by atoms with Gasteiger partial charge in [0.25, 0.3) is 5.69 Å². The van der Waals surface area contributed by atoms with Gasteiger partial charge in [0, 0.05) is 18.1 Å². The summed E-state index contributed by atoms with van der Waals surface area (Å²) in [4.78, 5) is 22.0. The van der Waals surface area contributed by atoms with Crippen LogP contribution in [0, 0.1) is 16.0 Å². The highest BCUT2D eigenvalue weighted by Gasteiger charge is 2.21. The number of benzene rings is 1. The first-order valence-corrected chi connectivity index (χ1v) is 7.05. The standard InChI is InChI=1S/C14H16ClNO4/c15-12-8-11(6-7-13(12)16(18)19)20-9-14(17)10-4-2-1-3-5-10/h6-8,10H,1-5,9H2. The summed E-state index contributed by atoms with van der Waals surface area (Å²) in [6, 6.07) is 4.11. The second-order valence-electron chi connectivity index (χ2n) is 4.96. The van der Waals surface area contributed by atoms with Gasteiger partial charge in [-0.1, -0.05) is 30.9 Å². The number of hydrogen-bond acceptors (Lipinski definition) is 4. The van der Waals surface area contributed by atoms with E-state index in [1.54, 1.807) is 0 Å². The Morgan fingerprint density at radius 1 is 1.35 bits per heavy atom. The molecule has 0 spiro atoms. The number of ether oxygens (including phenoxy) is 1. The SMILES string of the molecule is O=C(COc1ccc([N+](=O)[O-])c(Cl)c1)C1CCCCC1. The molecule has 1 aromatic rings. The number of carbonyl (C=O) groups is 1. The van der Waals surface area contributed by atoms with Crippen molar-refractivity contribution in [2.75, 3.05) is 6.61 Å². The molecule has 0 aliphatic heterocycles. The summed E-state index contributed by atoms with van der Waals surface area (Å²) in [5, 5.41) is 10.6. The van der Waals surface area contributed by atoms with Crippen LogP contribution in [0.15, 0.2) is 18.2 Å². The normalized spacial score (nSPS) is 15.8. The summed E-state index contributed by atoms with van der Waals surface area (Å²) in [5.74, 6) is 0.571. The van der Waals surface area contributed by atoms with Crippen LogP contribution in [-0.2, 0) is 4.79 Å². The zero-order valence-electron chi connectivity index (χ0n) is 11.0. The summed E-state index contributed by atoms with van der Waals surface area (Å²) < 4.78 is 5.38. The average molecular weight is 298 g/mol. The minimum Gasteiger partial charge on any atom is -0.486 e. The fourth-order valence-electron chi connectivity index (χ4n) is 2.42. The van der Waals surface area contributed by atoms with Crippen LogP contribution in [0.3, 0.4) is 0 Å². The Bertz CT molecular complexity index is 512. The van der Waals surface area contributed by atoms with E-state index in [0.29, 0.717) is 5.75 Å². The zero-order valence-corrected chi connectivity index (χ0v) is 11.8. The quantitative estimate of drug-likeness (QED) is 0.612. The van der Waals surface area contributed by atoms with Gasteiger partial charge in [-0.3, -0.25) is 14.9 Å². The van der Waals surface area contributed by atoms with E-state index in [1.165, 1.54) is 24.6 Å². The van der Waals surface area contributed by atoms with Crippen molar-refractivity contribution in [2.24, 2.45) is 5.92 Å². The highest BCUT2D eigenvalue weighted by atomic mass is 35.5. The van der Waals surface area contributed by atoms with Crippen molar-refractivity contribution in [1.82, 2.24) is 0 Å². The third kappa shape index (κ3) is 3.70. The molecule has 1 aliphatic rings. The average Bonchev–Trinajstić information content (AvgIpc) is 2.45. The van der Waals surface area contributed by atoms with Crippen LogP contribution in [0.5, 0.6) is 5.75 Å². The molecule has 0 N–H and O–H groups in total. The van der Waals surface area contributed by atoms with E-state index in [4.69, 9.17) is 16.3 Å². The Labute approximate surface area is 122 Å². The number of rotatable bonds is 5. The highest BCUT2D eigenvalue weighted by Crippen LogP contribution is 2.29. The lowest BCUT2D eigenvalue weighted by atomic mass is 9.86. The maximum absolute atomic E-state index is 12.0. The Kier molecular flexibility index (Phi) is 4.95. The molecule has 108 valence electrons. The summed E-state index contributed by atoms with van der Waals surface area (Å²) in [5.41, 5.74) is -0.169. The molecule has 1 aromatic carbocycles. The molecule has 0 unspecified atom stereocenters. The monoisotopic (exact) mass is 297 g/mol. The minimum atomic E-state index is -0.556. The van der Waals surface area contributed by atoms with Gasteiger partial charge in [0.1, 0.15) is 17.4 Å². The number of Topliss-reactive ketones (excluding diaryl/α,β-unsaturated/α-hetero) is 1. The molecule has 0 saturated heterocycles. The number of ketones is 1. The van der Waals surface area contributed by atoms with Crippen LogP contribution in [-0.4, -0.2) is 17.3 Å². The van der Waals surface area contributed by atoms with Crippen molar-refractivity contribution in [2.45, 2.75) is 32.1 Å². The van der Waals surface area contributed by atoms with Crippen LogP contribution in [0.1, 0.15) is 32.1 Å². The third-order valence-corrected chi connectivity index (χ3v) is 3.86. The molecule has 20 heavy (non-hydrogen) atoms. The molecule has 0 atom stereocenters. The van der Waals surface area contributed by atoms with Gasteiger partial charge >= 0.3 is 0 Å². The second-order valence-corrected chi connectivity index (χ2v) is 5.37. The smallest absolute Gasteiger partial charge is 0.288 e. The van der Waals surface area contributed by atoms with Crippen LogP contribution in [0.4, 0.5) is 5.69 Å². The fourth-order valence-corrected chi connectivity index (χ4v) is 2.66. The topological polar surface area (TPSA) is 69.4 Å². The largest absolute Gasteiger partial charge is 0.486 e. The Morgan fingerprint density at radius 3 is 2.65 bits per heavy atom. The van der Waals surface area contributed by atoms with E-state index in [1.807, 2.05) is 0 Å². The number of carbonyl (C=O) groups excluding carboxylic acids is 1. The zero-order chi connectivity index (χ0) is 14.5. The fraction of sp³-hybridized carbons (Fsp3) is 0.500. The molecule has 0 amide bonds. The molecule has 5 nitrogen and oxygen atoms in total. The van der Waals surface area contributed by atoms with Crippen molar-refractivity contribution in [3.05, 3.63) is 33.3 Å². The summed E-state index contributed by atoms with van der Waals surface area (Å²) in [6.45, 7) is -0.00118. The van der Waals surface area contributed by atoms with Gasteiger partial charge in [0.05, 0.1) is 4.92 Å². The van der Waals surface area contributed by atoms with Crippen molar-refractivity contribution in [3.63, 3.8) is 0 Å². The first kappa shape index (κ1) is 14.8. The van der Waals surface area contributed by atoms with Crippen molar-refractivity contribution in [3.8, 4) is 5.75 Å². The molecule has 6 heteroatoms. The number of hydrogen-bond donors (Lipinski definition) is 0. The lowest BCUT2D eigenvalue weighted by Gasteiger charge is -2.20. The van der Waals surface area contributed by atoms with E-state index in [2.05, 4.69) is 0 Å². The maximum atomic E-state index is 12.0. The second kappa shape index (κ2) is 6.70.